The zero-order valence-corrected chi connectivity index (χ0v) is 11.0. The third-order valence-electron chi connectivity index (χ3n) is 3.20. The molecule has 0 aromatic heterocycles. The summed E-state index contributed by atoms with van der Waals surface area (Å²) in [6, 6.07) is 10.2. The predicted octanol–water partition coefficient (Wildman–Crippen LogP) is 1.75. The van der Waals surface area contributed by atoms with Crippen LogP contribution in [-0.4, -0.2) is 16.2 Å². The van der Waals surface area contributed by atoms with Gasteiger partial charge in [-0.05, 0) is 35.1 Å². The van der Waals surface area contributed by atoms with Crippen LogP contribution in [0.2, 0.25) is 0 Å². The number of ether oxygens (including phenoxy) is 1. The lowest BCUT2D eigenvalue weighted by atomic mass is 9.98. The second-order valence-electron chi connectivity index (χ2n) is 4.70. The number of fused-ring (bicyclic) bond motifs is 2. The number of phenolic OH excluding ortho intramolecular Hbond substituents is 1. The number of allylic oxidation sites excluding steroid dienone is 1. The Kier molecular flexibility index (Phi) is 2.99. The van der Waals surface area contributed by atoms with Crippen molar-refractivity contribution >= 4 is 18.1 Å². The maximum atomic E-state index is 10.8. The molecule has 4 nitrogen and oxygen atoms in total. The number of rotatable bonds is 2. The van der Waals surface area contributed by atoms with Gasteiger partial charge in [-0.2, -0.15) is 0 Å². The Bertz CT molecular complexity index is 878. The van der Waals surface area contributed by atoms with Crippen molar-refractivity contribution in [2.24, 2.45) is 0 Å². The van der Waals surface area contributed by atoms with Gasteiger partial charge in [0.15, 0.2) is 0 Å². The van der Waals surface area contributed by atoms with Gasteiger partial charge >= 0.3 is 5.97 Å². The van der Waals surface area contributed by atoms with Gasteiger partial charge in [0.2, 0.25) is 0 Å². The largest absolute Gasteiger partial charge is 0.508 e. The summed E-state index contributed by atoms with van der Waals surface area (Å²) >= 11 is 0. The fraction of sp³-hybridized carbons (Fsp3) is 0. The van der Waals surface area contributed by atoms with Gasteiger partial charge in [-0.15, -0.1) is 0 Å². The Morgan fingerprint density at radius 3 is 2.71 bits per heavy atom. The number of carbonyl (C=O) groups is 1. The zero-order valence-electron chi connectivity index (χ0n) is 11.0. The van der Waals surface area contributed by atoms with Gasteiger partial charge in [0.1, 0.15) is 17.2 Å². The molecule has 0 unspecified atom stereocenters. The van der Waals surface area contributed by atoms with Crippen molar-refractivity contribution in [1.29, 1.82) is 0 Å². The van der Waals surface area contributed by atoms with E-state index in [1.165, 1.54) is 18.2 Å². The molecule has 3 rings (SSSR count). The third-order valence-corrected chi connectivity index (χ3v) is 3.20. The van der Waals surface area contributed by atoms with Crippen molar-refractivity contribution in [2.75, 3.05) is 0 Å². The molecule has 104 valence electrons. The molecule has 0 bridgehead atoms. The minimum atomic E-state index is -1.02. The molecule has 0 radical (unpaired) electrons. The number of aromatic hydroxyl groups is 1. The van der Waals surface area contributed by atoms with Crippen molar-refractivity contribution < 1.29 is 19.7 Å². The van der Waals surface area contributed by atoms with E-state index in [9.17, 15) is 9.90 Å². The molecular formula is C17H12O4. The van der Waals surface area contributed by atoms with Gasteiger partial charge < -0.3 is 14.9 Å². The van der Waals surface area contributed by atoms with Crippen molar-refractivity contribution in [3.05, 3.63) is 64.6 Å². The van der Waals surface area contributed by atoms with Crippen LogP contribution in [0.25, 0.3) is 12.2 Å². The van der Waals surface area contributed by atoms with Crippen molar-refractivity contribution in [3.63, 3.8) is 0 Å². The highest BCUT2D eigenvalue weighted by molar-refractivity contribution is 5.88. The summed E-state index contributed by atoms with van der Waals surface area (Å²) in [6.07, 6.45) is 2.61. The fourth-order valence-electron chi connectivity index (χ4n) is 2.29. The summed E-state index contributed by atoms with van der Waals surface area (Å²) in [5, 5.41) is 20.0. The second-order valence-corrected chi connectivity index (χ2v) is 4.70. The number of carboxylic acids is 1. The standard InChI is InChI=1S/C17H12O4/c1-10-2-4-13-12(6-7-17(19)20)14-5-3-11(18)9-16(14)21-15(13)8-10/h2-9,18H,1H2,(H,19,20)/b7-6+. The summed E-state index contributed by atoms with van der Waals surface area (Å²) in [5.74, 6) is 0.137. The van der Waals surface area contributed by atoms with Crippen LogP contribution in [0.5, 0.6) is 17.2 Å². The normalized spacial score (nSPS) is 12.7. The third kappa shape index (κ3) is 2.39. The molecule has 0 spiro atoms. The molecule has 0 amide bonds. The first-order valence-electron chi connectivity index (χ1n) is 6.30. The van der Waals surface area contributed by atoms with Crippen LogP contribution in [0.1, 0.15) is 5.56 Å². The van der Waals surface area contributed by atoms with Crippen LogP contribution >= 0.6 is 0 Å². The Morgan fingerprint density at radius 2 is 1.95 bits per heavy atom. The van der Waals surface area contributed by atoms with Crippen LogP contribution < -0.4 is 15.2 Å². The lowest BCUT2D eigenvalue weighted by Gasteiger charge is -2.19. The molecule has 21 heavy (non-hydrogen) atoms. The second kappa shape index (κ2) is 4.83. The monoisotopic (exact) mass is 280 g/mol. The molecule has 1 aliphatic heterocycles. The zero-order chi connectivity index (χ0) is 15.0. The Morgan fingerprint density at radius 1 is 1.14 bits per heavy atom. The number of carboxylic acid groups (broad SMARTS) is 1. The van der Waals surface area contributed by atoms with Gasteiger partial charge in [0.25, 0.3) is 0 Å². The molecule has 4 heteroatoms. The SMILES string of the molecule is C=c1ccc2c(c1)Oc1cc(O)ccc1C=2/C=C/C(=O)O. The first-order chi connectivity index (χ1) is 10.0. The fourth-order valence-corrected chi connectivity index (χ4v) is 2.29. The molecule has 0 fully saturated rings. The molecule has 0 atom stereocenters. The van der Waals surface area contributed by atoms with Gasteiger partial charge in [0, 0.05) is 22.9 Å². The lowest BCUT2D eigenvalue weighted by Crippen LogP contribution is -2.18. The number of hydrogen-bond donors (Lipinski definition) is 2. The van der Waals surface area contributed by atoms with E-state index in [-0.39, 0.29) is 5.75 Å². The molecule has 2 aromatic carbocycles. The highest BCUT2D eigenvalue weighted by Gasteiger charge is 2.17. The van der Waals surface area contributed by atoms with Gasteiger partial charge in [0.05, 0.1) is 0 Å². The average Bonchev–Trinajstić information content (AvgIpc) is 2.42. The number of phenols is 1. The van der Waals surface area contributed by atoms with Crippen LogP contribution in [0, 0.1) is 0 Å². The first-order valence-corrected chi connectivity index (χ1v) is 6.30. The molecule has 1 aliphatic rings. The molecule has 0 saturated carbocycles. The smallest absolute Gasteiger partial charge is 0.328 e. The topological polar surface area (TPSA) is 66.8 Å². The Hall–Kier alpha value is -3.01. The molecule has 0 saturated heterocycles. The average molecular weight is 280 g/mol. The van der Waals surface area contributed by atoms with Crippen LogP contribution in [0.15, 0.2) is 48.6 Å². The number of benzene rings is 2. The van der Waals surface area contributed by atoms with Crippen LogP contribution in [0.4, 0.5) is 0 Å². The maximum absolute atomic E-state index is 10.8. The quantitative estimate of drug-likeness (QED) is 0.822. The van der Waals surface area contributed by atoms with Crippen LogP contribution in [-0.2, 0) is 4.79 Å². The summed E-state index contributed by atoms with van der Waals surface area (Å²) < 4.78 is 5.77. The van der Waals surface area contributed by atoms with Crippen molar-refractivity contribution in [1.82, 2.24) is 0 Å². The van der Waals surface area contributed by atoms with E-state index in [0.29, 0.717) is 11.5 Å². The van der Waals surface area contributed by atoms with Gasteiger partial charge in [-0.1, -0.05) is 18.7 Å². The Labute approximate surface area is 120 Å². The summed E-state index contributed by atoms with van der Waals surface area (Å²) in [6.45, 7) is 3.85. The molecule has 2 N–H and O–H groups in total. The highest BCUT2D eigenvalue weighted by atomic mass is 16.5. The summed E-state index contributed by atoms with van der Waals surface area (Å²) in [4.78, 5) is 10.8. The van der Waals surface area contributed by atoms with E-state index < -0.39 is 5.97 Å². The Balaban J connectivity index is 2.34. The molecule has 0 aliphatic carbocycles. The van der Waals surface area contributed by atoms with Gasteiger partial charge in [-0.25, -0.2) is 4.79 Å². The highest BCUT2D eigenvalue weighted by Crippen LogP contribution is 2.35. The minimum absolute atomic E-state index is 0.0875. The van der Waals surface area contributed by atoms with E-state index in [1.807, 2.05) is 12.1 Å². The van der Waals surface area contributed by atoms with Gasteiger partial charge in [-0.3, -0.25) is 0 Å². The maximum Gasteiger partial charge on any atom is 0.328 e. The minimum Gasteiger partial charge on any atom is -0.508 e. The van der Waals surface area contributed by atoms with E-state index in [2.05, 4.69) is 6.58 Å². The van der Waals surface area contributed by atoms with Crippen molar-refractivity contribution in [3.8, 4) is 17.2 Å². The lowest BCUT2D eigenvalue weighted by molar-refractivity contribution is -0.131. The van der Waals surface area contributed by atoms with E-state index in [0.717, 1.165) is 27.6 Å². The summed E-state index contributed by atoms with van der Waals surface area (Å²) in [7, 11) is 0. The van der Waals surface area contributed by atoms with Crippen molar-refractivity contribution in [2.45, 2.75) is 0 Å². The molecule has 1 heterocycles. The van der Waals surface area contributed by atoms with E-state index >= 15 is 0 Å². The first kappa shape index (κ1) is 13.0. The van der Waals surface area contributed by atoms with Crippen LogP contribution in [0.3, 0.4) is 0 Å². The predicted molar refractivity (Wildman–Crippen MR) is 78.7 cm³/mol. The summed E-state index contributed by atoms with van der Waals surface area (Å²) in [5.41, 5.74) is 1.46. The van der Waals surface area contributed by atoms with E-state index in [4.69, 9.17) is 9.84 Å². The molecular weight excluding hydrogens is 268 g/mol. The molecule has 2 aromatic rings. The number of hydrogen-bond acceptors (Lipinski definition) is 3. The number of aliphatic carboxylic acids is 1. The van der Waals surface area contributed by atoms with E-state index in [1.54, 1.807) is 12.1 Å².